The normalized spacial score (nSPS) is 13.1. The zero-order valence-electron chi connectivity index (χ0n) is 16.6. The van der Waals surface area contributed by atoms with Gasteiger partial charge >= 0.3 is 0 Å². The molecule has 0 saturated heterocycles. The minimum atomic E-state index is -0.307. The van der Waals surface area contributed by atoms with E-state index in [2.05, 4.69) is 20.6 Å². The lowest BCUT2D eigenvalue weighted by atomic mass is 10.1. The van der Waals surface area contributed by atoms with Crippen molar-refractivity contribution < 1.29 is 14.0 Å². The molecule has 3 aromatic carbocycles. The highest BCUT2D eigenvalue weighted by atomic mass is 19.1. The predicted octanol–water partition coefficient (Wildman–Crippen LogP) is 4.01. The highest BCUT2D eigenvalue weighted by Crippen LogP contribution is 2.30. The van der Waals surface area contributed by atoms with Crippen LogP contribution in [0, 0.1) is 5.82 Å². The molecule has 4 aromatic rings. The van der Waals surface area contributed by atoms with Crippen LogP contribution in [0.3, 0.4) is 0 Å². The molecule has 0 fully saturated rings. The summed E-state index contributed by atoms with van der Waals surface area (Å²) in [6.07, 6.45) is 0. The topological polar surface area (TPSA) is 90.1 Å². The second-order valence-corrected chi connectivity index (χ2v) is 7.41. The van der Waals surface area contributed by atoms with Gasteiger partial charge in [-0.05, 0) is 60.7 Å². The molecule has 154 valence electrons. The Balaban J connectivity index is 1.39. The molecule has 0 unspecified atom stereocenters. The van der Waals surface area contributed by atoms with Gasteiger partial charge in [-0.1, -0.05) is 0 Å². The van der Waals surface area contributed by atoms with E-state index in [1.54, 1.807) is 42.5 Å². The lowest BCUT2D eigenvalue weighted by molar-refractivity contribution is -0.115. The van der Waals surface area contributed by atoms with E-state index in [4.69, 9.17) is 0 Å². The fourth-order valence-corrected chi connectivity index (χ4v) is 3.64. The molecular formula is C23H18FN5O2. The van der Waals surface area contributed by atoms with Gasteiger partial charge in [-0.3, -0.25) is 9.59 Å². The minimum absolute atomic E-state index is 0.116. The molecule has 1 aliphatic rings. The number of fused-ring (bicyclic) bond motifs is 2. The molecule has 7 nitrogen and oxygen atoms in total. The number of aromatic amines is 1. The highest BCUT2D eigenvalue weighted by molar-refractivity contribution is 6.08. The summed E-state index contributed by atoms with van der Waals surface area (Å²) < 4.78 is 13.2. The van der Waals surface area contributed by atoms with Crippen molar-refractivity contribution in [3.8, 4) is 11.4 Å². The van der Waals surface area contributed by atoms with Crippen LogP contribution in [0.4, 0.5) is 21.5 Å². The SMILES string of the molecule is CN1CC(=O)Nc2cc(C(=O)Nc3ccc4nc(-c5ccc(F)cc5)[nH]c4c3)ccc21. The molecule has 0 radical (unpaired) electrons. The average molecular weight is 415 g/mol. The third kappa shape index (κ3) is 3.59. The maximum atomic E-state index is 13.2. The number of likely N-dealkylation sites (N-methyl/N-ethyl adjacent to an activating group) is 1. The van der Waals surface area contributed by atoms with Crippen LogP contribution in [0.15, 0.2) is 60.7 Å². The van der Waals surface area contributed by atoms with Crippen molar-refractivity contribution in [3.63, 3.8) is 0 Å². The van der Waals surface area contributed by atoms with Crippen molar-refractivity contribution in [2.75, 3.05) is 29.1 Å². The smallest absolute Gasteiger partial charge is 0.255 e. The van der Waals surface area contributed by atoms with Gasteiger partial charge < -0.3 is 20.5 Å². The number of benzene rings is 3. The zero-order chi connectivity index (χ0) is 21.5. The largest absolute Gasteiger partial charge is 0.364 e. The fourth-order valence-electron chi connectivity index (χ4n) is 3.64. The summed E-state index contributed by atoms with van der Waals surface area (Å²) in [5.41, 5.74) is 4.76. The summed E-state index contributed by atoms with van der Waals surface area (Å²) in [6.45, 7) is 0.280. The van der Waals surface area contributed by atoms with Crippen molar-refractivity contribution in [2.45, 2.75) is 0 Å². The van der Waals surface area contributed by atoms with Crippen LogP contribution in [0.25, 0.3) is 22.4 Å². The number of halogens is 1. The number of nitrogens with zero attached hydrogens (tertiary/aromatic N) is 2. The molecule has 5 rings (SSSR count). The first-order chi connectivity index (χ1) is 15.0. The average Bonchev–Trinajstić information content (AvgIpc) is 3.17. The lowest BCUT2D eigenvalue weighted by Crippen LogP contribution is -2.35. The summed E-state index contributed by atoms with van der Waals surface area (Å²) in [7, 11) is 1.83. The van der Waals surface area contributed by atoms with Crippen LogP contribution in [-0.4, -0.2) is 35.4 Å². The van der Waals surface area contributed by atoms with Crippen LogP contribution in [0.5, 0.6) is 0 Å². The first-order valence-electron chi connectivity index (χ1n) is 9.68. The number of hydrogen-bond acceptors (Lipinski definition) is 4. The fraction of sp³-hybridized carbons (Fsp3) is 0.0870. The summed E-state index contributed by atoms with van der Waals surface area (Å²) in [6, 6.07) is 16.6. The number of carbonyl (C=O) groups excluding carboxylic acids is 2. The number of nitrogens with one attached hydrogen (secondary N) is 3. The summed E-state index contributed by atoms with van der Waals surface area (Å²) >= 11 is 0. The van der Waals surface area contributed by atoms with Crippen LogP contribution >= 0.6 is 0 Å². The molecule has 1 aliphatic heterocycles. The molecule has 2 heterocycles. The molecule has 0 aliphatic carbocycles. The Morgan fingerprint density at radius 1 is 1.10 bits per heavy atom. The molecule has 0 spiro atoms. The maximum Gasteiger partial charge on any atom is 0.255 e. The van der Waals surface area contributed by atoms with Crippen LogP contribution in [0.1, 0.15) is 10.4 Å². The van der Waals surface area contributed by atoms with Gasteiger partial charge in [0.05, 0.1) is 29.0 Å². The number of carbonyl (C=O) groups is 2. The van der Waals surface area contributed by atoms with Crippen molar-refractivity contribution in [1.29, 1.82) is 0 Å². The Hall–Kier alpha value is -4.20. The molecule has 0 atom stereocenters. The third-order valence-electron chi connectivity index (χ3n) is 5.18. The number of amides is 2. The Kier molecular flexibility index (Phi) is 4.39. The van der Waals surface area contributed by atoms with Crippen molar-refractivity contribution in [2.24, 2.45) is 0 Å². The van der Waals surface area contributed by atoms with Gasteiger partial charge in [-0.2, -0.15) is 0 Å². The summed E-state index contributed by atoms with van der Waals surface area (Å²) in [4.78, 5) is 34.1. The van der Waals surface area contributed by atoms with Crippen LogP contribution in [0.2, 0.25) is 0 Å². The molecule has 31 heavy (non-hydrogen) atoms. The van der Waals surface area contributed by atoms with Gasteiger partial charge in [0.15, 0.2) is 0 Å². The van der Waals surface area contributed by atoms with Crippen molar-refractivity contribution in [3.05, 3.63) is 72.0 Å². The number of anilines is 3. The van der Waals surface area contributed by atoms with Gasteiger partial charge in [-0.25, -0.2) is 9.37 Å². The second kappa shape index (κ2) is 7.24. The minimum Gasteiger partial charge on any atom is -0.364 e. The van der Waals surface area contributed by atoms with E-state index in [0.29, 0.717) is 22.8 Å². The predicted molar refractivity (Wildman–Crippen MR) is 118 cm³/mol. The molecule has 8 heteroatoms. The maximum absolute atomic E-state index is 13.2. The second-order valence-electron chi connectivity index (χ2n) is 7.41. The van der Waals surface area contributed by atoms with E-state index >= 15 is 0 Å². The van der Waals surface area contributed by atoms with E-state index in [9.17, 15) is 14.0 Å². The number of hydrogen-bond donors (Lipinski definition) is 3. The van der Waals surface area contributed by atoms with Crippen LogP contribution < -0.4 is 15.5 Å². The molecule has 1 aromatic heterocycles. The monoisotopic (exact) mass is 415 g/mol. The van der Waals surface area contributed by atoms with E-state index in [1.165, 1.54) is 12.1 Å². The standard InChI is InChI=1S/C23H18FN5O2/c1-29-12-21(30)26-19-10-14(4-9-20(19)29)23(31)25-16-7-8-17-18(11-16)28-22(27-17)13-2-5-15(24)6-3-13/h2-11H,12H2,1H3,(H,25,31)(H,26,30)(H,27,28). The summed E-state index contributed by atoms with van der Waals surface area (Å²) in [5, 5.41) is 5.67. The van der Waals surface area contributed by atoms with E-state index in [-0.39, 0.29) is 24.2 Å². The molecule has 2 amide bonds. The Labute approximate surface area is 176 Å². The lowest BCUT2D eigenvalue weighted by Gasteiger charge is -2.27. The number of aromatic nitrogens is 2. The van der Waals surface area contributed by atoms with E-state index in [0.717, 1.165) is 22.3 Å². The van der Waals surface area contributed by atoms with Gasteiger partial charge in [-0.15, -0.1) is 0 Å². The summed E-state index contributed by atoms with van der Waals surface area (Å²) in [5.74, 6) is -0.0941. The third-order valence-corrected chi connectivity index (χ3v) is 5.18. The zero-order valence-corrected chi connectivity index (χ0v) is 16.6. The van der Waals surface area contributed by atoms with Crippen LogP contribution in [-0.2, 0) is 4.79 Å². The van der Waals surface area contributed by atoms with E-state index in [1.807, 2.05) is 18.0 Å². The number of imidazole rings is 1. The number of H-pyrrole nitrogens is 1. The molecular weight excluding hydrogens is 397 g/mol. The van der Waals surface area contributed by atoms with Crippen molar-refractivity contribution in [1.82, 2.24) is 9.97 Å². The van der Waals surface area contributed by atoms with Gasteiger partial charge in [0.25, 0.3) is 5.91 Å². The first-order valence-corrected chi connectivity index (χ1v) is 9.68. The van der Waals surface area contributed by atoms with E-state index < -0.39 is 0 Å². The Bertz CT molecular complexity index is 1330. The first kappa shape index (κ1) is 18.8. The van der Waals surface area contributed by atoms with Crippen molar-refractivity contribution >= 4 is 39.9 Å². The number of rotatable bonds is 3. The Morgan fingerprint density at radius 2 is 1.90 bits per heavy atom. The molecule has 3 N–H and O–H groups in total. The highest BCUT2D eigenvalue weighted by Gasteiger charge is 2.20. The quantitative estimate of drug-likeness (QED) is 0.472. The van der Waals surface area contributed by atoms with Gasteiger partial charge in [0.1, 0.15) is 11.6 Å². The Morgan fingerprint density at radius 3 is 2.71 bits per heavy atom. The van der Waals surface area contributed by atoms with Gasteiger partial charge in [0, 0.05) is 23.9 Å². The van der Waals surface area contributed by atoms with Gasteiger partial charge in [0.2, 0.25) is 5.91 Å². The molecule has 0 bridgehead atoms. The molecule has 0 saturated carbocycles.